The number of nitrogens with zero attached hydrogens (tertiary/aromatic N) is 1. The lowest BCUT2D eigenvalue weighted by Crippen LogP contribution is -2.22. The van der Waals surface area contributed by atoms with Crippen LogP contribution in [-0.4, -0.2) is 0 Å². The van der Waals surface area contributed by atoms with Gasteiger partial charge in [-0.25, -0.2) is 4.39 Å². The summed E-state index contributed by atoms with van der Waals surface area (Å²) in [6.07, 6.45) is 4.80. The Bertz CT molecular complexity index is 849. The van der Waals surface area contributed by atoms with E-state index in [1.807, 2.05) is 0 Å². The number of aryl methyl sites for hydroxylation is 1. The maximum atomic E-state index is 14.4. The van der Waals surface area contributed by atoms with Gasteiger partial charge in [0.15, 0.2) is 0 Å². The highest BCUT2D eigenvalue weighted by molar-refractivity contribution is 5.37. The van der Waals surface area contributed by atoms with Crippen LogP contribution in [0.15, 0.2) is 42.5 Å². The number of alkyl halides is 2. The first-order valence-electron chi connectivity index (χ1n) is 10.3. The highest BCUT2D eigenvalue weighted by Gasteiger charge is 2.34. The van der Waals surface area contributed by atoms with Gasteiger partial charge < -0.3 is 4.74 Å². The molecule has 3 rings (SSSR count). The van der Waals surface area contributed by atoms with Crippen molar-refractivity contribution in [2.45, 2.75) is 58.0 Å². The minimum atomic E-state index is -3.59. The number of halogens is 3. The van der Waals surface area contributed by atoms with E-state index < -0.39 is 11.9 Å². The summed E-state index contributed by atoms with van der Waals surface area (Å²) in [6, 6.07) is 10.9. The lowest BCUT2D eigenvalue weighted by molar-refractivity contribution is -0.185. The Morgan fingerprint density at radius 1 is 1.03 bits per heavy atom. The Balaban J connectivity index is 1.57. The molecule has 0 heterocycles. The Morgan fingerprint density at radius 3 is 2.28 bits per heavy atom. The molecular formula is C24H26F3NO. The summed E-state index contributed by atoms with van der Waals surface area (Å²) in [5.41, 5.74) is 0.536. The van der Waals surface area contributed by atoms with Crippen LogP contribution in [0.25, 0.3) is 0 Å². The standard InChI is InChI=1S/C24H26F3NO/c1-2-17-3-5-18(6-4-17)7-8-19-9-12-21(13-10-19)24(26,27)29-22-14-11-20(16-28)23(25)15-22/h9-15,17-18H,2-8H2,1H3/t17-,18-. The Hall–Kier alpha value is -2.48. The second-order valence-electron chi connectivity index (χ2n) is 7.90. The second-order valence-corrected chi connectivity index (χ2v) is 7.90. The van der Waals surface area contributed by atoms with Gasteiger partial charge in [-0.1, -0.05) is 51.2 Å². The molecule has 2 aromatic rings. The number of rotatable bonds is 7. The van der Waals surface area contributed by atoms with Crippen LogP contribution in [0.2, 0.25) is 0 Å². The van der Waals surface area contributed by atoms with Crippen molar-refractivity contribution in [2.24, 2.45) is 11.8 Å². The molecule has 1 fully saturated rings. The molecule has 0 atom stereocenters. The van der Waals surface area contributed by atoms with E-state index in [1.54, 1.807) is 18.2 Å². The van der Waals surface area contributed by atoms with Crippen molar-refractivity contribution in [3.63, 3.8) is 0 Å². The fraction of sp³-hybridized carbons (Fsp3) is 0.458. The SMILES string of the molecule is CC[C@H]1CC[C@H](CCc2ccc(C(F)(F)Oc3ccc(C#N)c(F)c3)cc2)CC1. The summed E-state index contributed by atoms with van der Waals surface area (Å²) in [6.45, 7) is 2.25. The van der Waals surface area contributed by atoms with Crippen LogP contribution in [0.1, 0.15) is 62.1 Å². The van der Waals surface area contributed by atoms with E-state index in [4.69, 9.17) is 10.00 Å². The van der Waals surface area contributed by atoms with Gasteiger partial charge in [0.05, 0.1) is 11.1 Å². The van der Waals surface area contributed by atoms with E-state index in [0.29, 0.717) is 0 Å². The van der Waals surface area contributed by atoms with Crippen LogP contribution in [0.4, 0.5) is 13.2 Å². The third-order valence-electron chi connectivity index (χ3n) is 5.98. The van der Waals surface area contributed by atoms with Gasteiger partial charge >= 0.3 is 6.11 Å². The number of hydrogen-bond acceptors (Lipinski definition) is 2. The van der Waals surface area contributed by atoms with Crippen LogP contribution >= 0.6 is 0 Å². The number of hydrogen-bond donors (Lipinski definition) is 0. The summed E-state index contributed by atoms with van der Waals surface area (Å²) < 4.78 is 47.2. The zero-order valence-corrected chi connectivity index (χ0v) is 16.6. The molecule has 0 aliphatic heterocycles. The lowest BCUT2D eigenvalue weighted by atomic mass is 9.78. The molecule has 2 nitrogen and oxygen atoms in total. The van der Waals surface area contributed by atoms with E-state index in [1.165, 1.54) is 44.2 Å². The van der Waals surface area contributed by atoms with Gasteiger partial charge in [0.1, 0.15) is 17.6 Å². The summed E-state index contributed by atoms with van der Waals surface area (Å²) in [4.78, 5) is 0. The normalized spacial score (nSPS) is 19.6. The van der Waals surface area contributed by atoms with E-state index in [2.05, 4.69) is 6.92 Å². The van der Waals surface area contributed by atoms with Gasteiger partial charge in [-0.2, -0.15) is 14.0 Å². The van der Waals surface area contributed by atoms with Gasteiger partial charge in [-0.15, -0.1) is 0 Å². The Labute approximate surface area is 170 Å². The molecule has 0 radical (unpaired) electrons. The molecule has 0 saturated heterocycles. The molecule has 1 saturated carbocycles. The monoisotopic (exact) mass is 401 g/mol. The lowest BCUT2D eigenvalue weighted by Gasteiger charge is -2.27. The highest BCUT2D eigenvalue weighted by atomic mass is 19.3. The number of nitriles is 1. The summed E-state index contributed by atoms with van der Waals surface area (Å²) in [5.74, 6) is 0.397. The number of ether oxygens (including phenoxy) is 1. The van der Waals surface area contributed by atoms with Gasteiger partial charge in [-0.3, -0.25) is 0 Å². The van der Waals surface area contributed by atoms with Gasteiger partial charge in [0.2, 0.25) is 0 Å². The first-order valence-corrected chi connectivity index (χ1v) is 10.3. The van der Waals surface area contributed by atoms with Gasteiger partial charge in [-0.05, 0) is 54.5 Å². The number of benzene rings is 2. The first-order chi connectivity index (χ1) is 13.9. The molecule has 0 spiro atoms. The first kappa shape index (κ1) is 21.2. The maximum absolute atomic E-state index is 14.4. The van der Waals surface area contributed by atoms with Crippen molar-refractivity contribution in [2.75, 3.05) is 0 Å². The van der Waals surface area contributed by atoms with Crippen LogP contribution in [0.5, 0.6) is 5.75 Å². The molecule has 29 heavy (non-hydrogen) atoms. The largest absolute Gasteiger partial charge is 0.429 e. The maximum Gasteiger partial charge on any atom is 0.426 e. The van der Waals surface area contributed by atoms with E-state index >= 15 is 0 Å². The quantitative estimate of drug-likeness (QED) is 0.502. The summed E-state index contributed by atoms with van der Waals surface area (Å²) in [7, 11) is 0. The Kier molecular flexibility index (Phi) is 6.84. The minimum absolute atomic E-state index is 0.215. The smallest absolute Gasteiger partial charge is 0.426 e. The van der Waals surface area contributed by atoms with Crippen LogP contribution in [0, 0.1) is 29.0 Å². The molecule has 1 aliphatic rings. The molecule has 2 aromatic carbocycles. The zero-order chi connectivity index (χ0) is 20.9. The van der Waals surface area contributed by atoms with E-state index in [-0.39, 0.29) is 16.9 Å². The van der Waals surface area contributed by atoms with Crippen LogP contribution in [0.3, 0.4) is 0 Å². The summed E-state index contributed by atoms with van der Waals surface area (Å²) in [5, 5.41) is 8.72. The molecule has 0 bridgehead atoms. The molecular weight excluding hydrogens is 375 g/mol. The molecule has 0 N–H and O–H groups in total. The summed E-state index contributed by atoms with van der Waals surface area (Å²) >= 11 is 0. The third-order valence-corrected chi connectivity index (χ3v) is 5.98. The molecule has 154 valence electrons. The second kappa shape index (κ2) is 9.35. The Morgan fingerprint density at radius 2 is 1.69 bits per heavy atom. The molecule has 0 unspecified atom stereocenters. The average Bonchev–Trinajstić information content (AvgIpc) is 2.73. The van der Waals surface area contributed by atoms with Crippen molar-refractivity contribution in [1.29, 1.82) is 5.26 Å². The van der Waals surface area contributed by atoms with Crippen molar-refractivity contribution in [1.82, 2.24) is 0 Å². The predicted octanol–water partition coefficient (Wildman–Crippen LogP) is 6.97. The highest BCUT2D eigenvalue weighted by Crippen LogP contribution is 2.34. The van der Waals surface area contributed by atoms with Crippen molar-refractivity contribution in [3.05, 3.63) is 65.0 Å². The van der Waals surface area contributed by atoms with Crippen molar-refractivity contribution >= 4 is 0 Å². The minimum Gasteiger partial charge on any atom is -0.429 e. The predicted molar refractivity (Wildman–Crippen MR) is 106 cm³/mol. The zero-order valence-electron chi connectivity index (χ0n) is 16.6. The van der Waals surface area contributed by atoms with Crippen molar-refractivity contribution in [3.8, 4) is 11.8 Å². The van der Waals surface area contributed by atoms with Crippen LogP contribution in [-0.2, 0) is 12.5 Å². The fourth-order valence-electron chi connectivity index (χ4n) is 4.02. The molecule has 0 amide bonds. The van der Waals surface area contributed by atoms with Crippen molar-refractivity contribution < 1.29 is 17.9 Å². The fourth-order valence-corrected chi connectivity index (χ4v) is 4.02. The van der Waals surface area contributed by atoms with Gasteiger partial charge in [0, 0.05) is 6.07 Å². The van der Waals surface area contributed by atoms with E-state index in [9.17, 15) is 13.2 Å². The molecule has 5 heteroatoms. The average molecular weight is 401 g/mol. The third kappa shape index (κ3) is 5.53. The molecule has 0 aromatic heterocycles. The topological polar surface area (TPSA) is 33.0 Å². The van der Waals surface area contributed by atoms with Gasteiger partial charge in [0.25, 0.3) is 0 Å². The van der Waals surface area contributed by atoms with E-state index in [0.717, 1.165) is 48.4 Å². The molecule has 1 aliphatic carbocycles. The van der Waals surface area contributed by atoms with Crippen LogP contribution < -0.4 is 4.74 Å².